The number of rotatable bonds is 4. The smallest absolute Gasteiger partial charge is 0.228 e. The normalized spacial score (nSPS) is 24.5. The number of hydrogen-bond donors (Lipinski definition) is 0. The van der Waals surface area contributed by atoms with Gasteiger partial charge in [-0.3, -0.25) is 0 Å². The van der Waals surface area contributed by atoms with E-state index in [0.717, 1.165) is 19.1 Å². The third kappa shape index (κ3) is 3.69. The molecule has 1 atom stereocenters. The van der Waals surface area contributed by atoms with E-state index in [0.29, 0.717) is 11.9 Å². The van der Waals surface area contributed by atoms with Crippen LogP contribution in [0.15, 0.2) is 0 Å². The van der Waals surface area contributed by atoms with Crippen molar-refractivity contribution in [1.82, 2.24) is 4.31 Å². The van der Waals surface area contributed by atoms with Crippen LogP contribution < -0.4 is 0 Å². The van der Waals surface area contributed by atoms with Crippen LogP contribution in [0, 0.1) is 0 Å². The summed E-state index contributed by atoms with van der Waals surface area (Å²) in [7, 11) is -7.16. The second-order valence-corrected chi connectivity index (χ2v) is 8.79. The summed E-state index contributed by atoms with van der Waals surface area (Å²) in [5.41, 5.74) is 0. The van der Waals surface area contributed by atoms with E-state index in [4.69, 9.17) is 0 Å². The van der Waals surface area contributed by atoms with E-state index in [-0.39, 0.29) is 6.04 Å². The zero-order valence-electron chi connectivity index (χ0n) is 8.39. The average molecular weight is 320 g/mol. The molecule has 1 aliphatic heterocycles. The van der Waals surface area contributed by atoms with Gasteiger partial charge in [0.15, 0.2) is 14.9 Å². The van der Waals surface area contributed by atoms with E-state index in [2.05, 4.69) is 15.9 Å². The molecule has 0 aromatic heterocycles. The molecule has 90 valence electrons. The van der Waals surface area contributed by atoms with Crippen molar-refractivity contribution in [2.24, 2.45) is 0 Å². The van der Waals surface area contributed by atoms with E-state index in [1.165, 1.54) is 4.31 Å². The highest BCUT2D eigenvalue weighted by Crippen LogP contribution is 2.23. The fourth-order valence-corrected chi connectivity index (χ4v) is 6.28. The van der Waals surface area contributed by atoms with Crippen molar-refractivity contribution in [3.63, 3.8) is 0 Å². The van der Waals surface area contributed by atoms with Gasteiger partial charge < -0.3 is 0 Å². The maximum absolute atomic E-state index is 11.7. The fraction of sp³-hybridized carbons (Fsp3) is 1.00. The summed E-state index contributed by atoms with van der Waals surface area (Å²) < 4.78 is 46.7. The number of halogens is 1. The monoisotopic (exact) mass is 319 g/mol. The maximum atomic E-state index is 11.7. The second kappa shape index (κ2) is 4.68. The first kappa shape index (κ1) is 13.4. The lowest BCUT2D eigenvalue weighted by atomic mass is 10.3. The number of nitrogens with zero attached hydrogens (tertiary/aromatic N) is 1. The number of sulfone groups is 1. The molecular formula is C7H14BrNO4S2. The molecule has 5 nitrogen and oxygen atoms in total. The van der Waals surface area contributed by atoms with Gasteiger partial charge in [0, 0.05) is 24.2 Å². The molecule has 1 unspecified atom stereocenters. The van der Waals surface area contributed by atoms with Gasteiger partial charge in [-0.05, 0) is 12.8 Å². The van der Waals surface area contributed by atoms with Crippen LogP contribution in [0.25, 0.3) is 0 Å². The molecular weight excluding hydrogens is 306 g/mol. The van der Waals surface area contributed by atoms with E-state index in [1.807, 2.05) is 0 Å². The highest BCUT2D eigenvalue weighted by molar-refractivity contribution is 9.09. The Hall–Kier alpha value is 0.340. The molecule has 0 spiro atoms. The molecule has 0 aromatic rings. The van der Waals surface area contributed by atoms with Crippen LogP contribution in [-0.2, 0) is 19.9 Å². The Labute approximate surface area is 98.9 Å². The Morgan fingerprint density at radius 2 is 1.93 bits per heavy atom. The van der Waals surface area contributed by atoms with Crippen LogP contribution >= 0.6 is 15.9 Å². The molecule has 0 bridgehead atoms. The Morgan fingerprint density at radius 1 is 1.33 bits per heavy atom. The minimum atomic E-state index is -3.66. The Morgan fingerprint density at radius 3 is 2.40 bits per heavy atom. The number of alkyl halides is 1. The molecule has 1 fully saturated rings. The summed E-state index contributed by atoms with van der Waals surface area (Å²) in [4.78, 5) is 0. The van der Waals surface area contributed by atoms with Crippen LogP contribution in [0.3, 0.4) is 0 Å². The van der Waals surface area contributed by atoms with Gasteiger partial charge in [-0.2, -0.15) is 4.31 Å². The molecule has 0 aliphatic carbocycles. The van der Waals surface area contributed by atoms with Gasteiger partial charge in [-0.25, -0.2) is 16.8 Å². The molecule has 15 heavy (non-hydrogen) atoms. The van der Waals surface area contributed by atoms with Crippen LogP contribution in [0.2, 0.25) is 0 Å². The first-order chi connectivity index (χ1) is 6.76. The van der Waals surface area contributed by atoms with E-state index in [9.17, 15) is 16.8 Å². The quantitative estimate of drug-likeness (QED) is 0.693. The van der Waals surface area contributed by atoms with Crippen LogP contribution in [0.4, 0.5) is 0 Å². The molecule has 1 rings (SSSR count). The van der Waals surface area contributed by atoms with Crippen molar-refractivity contribution < 1.29 is 16.8 Å². The van der Waals surface area contributed by atoms with Gasteiger partial charge in [0.25, 0.3) is 0 Å². The van der Waals surface area contributed by atoms with Gasteiger partial charge in [-0.15, -0.1) is 0 Å². The lowest BCUT2D eigenvalue weighted by Gasteiger charge is -2.21. The molecule has 0 saturated carbocycles. The van der Waals surface area contributed by atoms with E-state index in [1.54, 1.807) is 0 Å². The molecule has 1 aliphatic rings. The van der Waals surface area contributed by atoms with Gasteiger partial charge in [-0.1, -0.05) is 15.9 Å². The predicted molar refractivity (Wildman–Crippen MR) is 62.2 cm³/mol. The minimum Gasteiger partial charge on any atom is -0.228 e. The average Bonchev–Trinajstić information content (AvgIpc) is 2.46. The highest BCUT2D eigenvalue weighted by Gasteiger charge is 2.35. The minimum absolute atomic E-state index is 0.100. The van der Waals surface area contributed by atoms with Crippen molar-refractivity contribution in [3.05, 3.63) is 0 Å². The number of hydrogen-bond acceptors (Lipinski definition) is 4. The highest BCUT2D eigenvalue weighted by atomic mass is 79.9. The zero-order chi connectivity index (χ0) is 11.7. The van der Waals surface area contributed by atoms with Crippen molar-refractivity contribution in [2.75, 3.05) is 23.2 Å². The van der Waals surface area contributed by atoms with Crippen molar-refractivity contribution in [3.8, 4) is 0 Å². The lowest BCUT2D eigenvalue weighted by Crippen LogP contribution is -2.39. The Bertz CT molecular complexity index is 416. The summed E-state index contributed by atoms with van der Waals surface area (Å²) in [6, 6.07) is -0.100. The standard InChI is InChI=1S/C7H14BrNO4S2/c1-14(10,11)6-15(12,13)9-4-2-3-7(9)5-8/h7H,2-6H2,1H3. The largest absolute Gasteiger partial charge is 0.228 e. The van der Waals surface area contributed by atoms with Crippen LogP contribution in [0.5, 0.6) is 0 Å². The SMILES string of the molecule is CS(=O)(=O)CS(=O)(=O)N1CCCC1CBr. The molecule has 8 heteroatoms. The molecule has 0 radical (unpaired) electrons. The van der Waals surface area contributed by atoms with E-state index < -0.39 is 24.9 Å². The summed E-state index contributed by atoms with van der Waals surface area (Å²) in [6.45, 7) is 0.425. The van der Waals surface area contributed by atoms with Gasteiger partial charge in [0.05, 0.1) is 0 Å². The molecule has 0 aromatic carbocycles. The summed E-state index contributed by atoms with van der Waals surface area (Å²) in [5.74, 6) is 0. The molecule has 1 heterocycles. The summed E-state index contributed by atoms with van der Waals surface area (Å²) in [6.07, 6.45) is 2.51. The predicted octanol–water partition coefficient (Wildman–Crippen LogP) is 0.178. The van der Waals surface area contributed by atoms with Gasteiger partial charge in [0.2, 0.25) is 10.0 Å². The third-order valence-corrected chi connectivity index (χ3v) is 7.07. The first-order valence-corrected chi connectivity index (χ1v) is 9.28. The Balaban J connectivity index is 2.87. The molecule has 0 amide bonds. The third-order valence-electron chi connectivity index (χ3n) is 2.22. The second-order valence-electron chi connectivity index (χ2n) is 3.72. The molecule has 1 saturated heterocycles. The van der Waals surface area contributed by atoms with Crippen molar-refractivity contribution in [2.45, 2.75) is 18.9 Å². The first-order valence-electron chi connectivity index (χ1n) is 4.49. The van der Waals surface area contributed by atoms with Crippen LogP contribution in [0.1, 0.15) is 12.8 Å². The Kier molecular flexibility index (Phi) is 4.19. The van der Waals surface area contributed by atoms with Crippen LogP contribution in [-0.4, -0.2) is 50.4 Å². The maximum Gasteiger partial charge on any atom is 0.228 e. The van der Waals surface area contributed by atoms with Gasteiger partial charge in [0.1, 0.15) is 0 Å². The molecule has 0 N–H and O–H groups in total. The topological polar surface area (TPSA) is 71.5 Å². The van der Waals surface area contributed by atoms with Crippen molar-refractivity contribution in [1.29, 1.82) is 0 Å². The summed E-state index contributed by atoms with van der Waals surface area (Å²) in [5, 5.41) is -0.237. The fourth-order valence-electron chi connectivity index (χ4n) is 1.67. The van der Waals surface area contributed by atoms with Gasteiger partial charge >= 0.3 is 0 Å². The zero-order valence-corrected chi connectivity index (χ0v) is 11.6. The lowest BCUT2D eigenvalue weighted by molar-refractivity contribution is 0.416. The van der Waals surface area contributed by atoms with E-state index >= 15 is 0 Å². The number of sulfonamides is 1. The summed E-state index contributed by atoms with van der Waals surface area (Å²) >= 11 is 3.23. The van der Waals surface area contributed by atoms with Crippen molar-refractivity contribution >= 4 is 35.8 Å².